The number of halogens is 1. The molecule has 1 N–H and O–H groups in total. The number of ketones is 1. The molecule has 0 saturated heterocycles. The molecule has 124 valence electrons. The smallest absolute Gasteiger partial charge is 0.343 e. The summed E-state index contributed by atoms with van der Waals surface area (Å²) in [5, 5.41) is 9.44. The highest BCUT2D eigenvalue weighted by Crippen LogP contribution is 2.24. The minimum absolute atomic E-state index is 0.140. The molecule has 5 nitrogen and oxygen atoms in total. The molecule has 0 spiro atoms. The van der Waals surface area contributed by atoms with Crippen molar-refractivity contribution in [2.75, 3.05) is 13.7 Å². The zero-order chi connectivity index (χ0) is 17.5. The molecule has 0 saturated carbocycles. The largest absolute Gasteiger partial charge is 0.507 e. The van der Waals surface area contributed by atoms with Crippen LogP contribution in [0.5, 0.6) is 11.5 Å². The van der Waals surface area contributed by atoms with Crippen LogP contribution in [0.15, 0.2) is 53.0 Å². The summed E-state index contributed by atoms with van der Waals surface area (Å²) in [4.78, 5) is 23.1. The van der Waals surface area contributed by atoms with Crippen LogP contribution < -0.4 is 4.74 Å². The minimum atomic E-state index is -0.474. The van der Waals surface area contributed by atoms with Gasteiger partial charge >= 0.3 is 5.97 Å². The fraction of sp³-hybridized carbons (Fsp3) is 0.111. The Morgan fingerprint density at radius 2 is 1.88 bits per heavy atom. The van der Waals surface area contributed by atoms with Gasteiger partial charge in [0.05, 0.1) is 11.6 Å². The lowest BCUT2D eigenvalue weighted by atomic mass is 10.1. The highest BCUT2D eigenvalue weighted by Gasteiger charge is 2.05. The van der Waals surface area contributed by atoms with Crippen LogP contribution in [0.25, 0.3) is 6.08 Å². The van der Waals surface area contributed by atoms with Gasteiger partial charge in [0.1, 0.15) is 11.5 Å². The second-order valence-corrected chi connectivity index (χ2v) is 5.65. The van der Waals surface area contributed by atoms with Gasteiger partial charge in [0.15, 0.2) is 12.4 Å². The van der Waals surface area contributed by atoms with Crippen LogP contribution in [0, 0.1) is 0 Å². The van der Waals surface area contributed by atoms with Crippen LogP contribution in [-0.4, -0.2) is 30.6 Å². The van der Waals surface area contributed by atoms with Gasteiger partial charge in [0, 0.05) is 5.56 Å². The van der Waals surface area contributed by atoms with E-state index in [9.17, 15) is 14.7 Å². The molecule has 2 aromatic carbocycles. The number of phenols is 1. The van der Waals surface area contributed by atoms with Crippen molar-refractivity contribution < 1.29 is 24.2 Å². The molecule has 0 unspecified atom stereocenters. The first-order chi connectivity index (χ1) is 11.5. The number of ether oxygens (including phenoxy) is 2. The summed E-state index contributed by atoms with van der Waals surface area (Å²) in [6.07, 6.45) is 3.11. The Balaban J connectivity index is 2.00. The van der Waals surface area contributed by atoms with Crippen molar-refractivity contribution in [3.05, 3.63) is 64.1 Å². The van der Waals surface area contributed by atoms with Crippen LogP contribution in [0.2, 0.25) is 0 Å². The first kappa shape index (κ1) is 17.7. The third-order valence-corrected chi connectivity index (χ3v) is 3.76. The average Bonchev–Trinajstić information content (AvgIpc) is 2.60. The summed E-state index contributed by atoms with van der Waals surface area (Å²) in [5.41, 5.74) is 1.28. The number of hydrogen-bond donors (Lipinski definition) is 1. The Morgan fingerprint density at radius 3 is 2.50 bits per heavy atom. The fourth-order valence-corrected chi connectivity index (χ4v) is 2.21. The number of esters is 1. The average molecular weight is 391 g/mol. The van der Waals surface area contributed by atoms with E-state index in [0.717, 1.165) is 5.56 Å². The van der Waals surface area contributed by atoms with Gasteiger partial charge in [-0.05, 0) is 64.0 Å². The molecular weight excluding hydrogens is 376 g/mol. The molecule has 0 aliphatic carbocycles. The number of carbonyl (C=O) groups is 2. The summed E-state index contributed by atoms with van der Waals surface area (Å²) >= 11 is 3.22. The molecule has 0 aliphatic rings. The normalized spacial score (nSPS) is 10.6. The van der Waals surface area contributed by atoms with Crippen molar-refractivity contribution in [3.63, 3.8) is 0 Å². The Bertz CT molecular complexity index is 765. The molecule has 0 radical (unpaired) electrons. The molecule has 24 heavy (non-hydrogen) atoms. The van der Waals surface area contributed by atoms with Crippen molar-refractivity contribution >= 4 is 33.8 Å². The SMILES string of the molecule is COC(=O)COc1ccc(C(=O)/C=C/c2ccc(O)c(Br)c2)cc1. The van der Waals surface area contributed by atoms with Gasteiger partial charge in [-0.15, -0.1) is 0 Å². The van der Waals surface area contributed by atoms with Gasteiger partial charge in [-0.25, -0.2) is 4.79 Å². The van der Waals surface area contributed by atoms with Gasteiger partial charge in [0.25, 0.3) is 0 Å². The van der Waals surface area contributed by atoms with E-state index in [-0.39, 0.29) is 18.1 Å². The standard InChI is InChI=1S/C18H15BrO5/c1-23-18(22)11-24-14-6-4-13(5-7-14)16(20)8-2-12-3-9-17(21)15(19)10-12/h2-10,21H,11H2,1H3/b8-2+. The number of allylic oxidation sites excluding steroid dienone is 1. The molecule has 2 rings (SSSR count). The lowest BCUT2D eigenvalue weighted by Crippen LogP contribution is -2.12. The maximum atomic E-state index is 12.1. The van der Waals surface area contributed by atoms with Crippen molar-refractivity contribution in [2.45, 2.75) is 0 Å². The predicted molar refractivity (Wildman–Crippen MR) is 93.1 cm³/mol. The van der Waals surface area contributed by atoms with Gasteiger partial charge in [-0.2, -0.15) is 0 Å². The number of carbonyl (C=O) groups excluding carboxylic acids is 2. The molecule has 0 bridgehead atoms. The zero-order valence-corrected chi connectivity index (χ0v) is 14.4. The molecule has 0 heterocycles. The van der Waals surface area contributed by atoms with E-state index in [1.54, 1.807) is 48.5 Å². The van der Waals surface area contributed by atoms with E-state index >= 15 is 0 Å². The molecule has 0 amide bonds. The maximum Gasteiger partial charge on any atom is 0.343 e. The molecule has 0 aliphatic heterocycles. The quantitative estimate of drug-likeness (QED) is 0.463. The molecule has 0 aromatic heterocycles. The Hall–Kier alpha value is -2.60. The minimum Gasteiger partial charge on any atom is -0.507 e. The summed E-state index contributed by atoms with van der Waals surface area (Å²) < 4.78 is 10.3. The van der Waals surface area contributed by atoms with Crippen molar-refractivity contribution in [1.29, 1.82) is 0 Å². The van der Waals surface area contributed by atoms with E-state index in [0.29, 0.717) is 15.8 Å². The first-order valence-corrected chi connectivity index (χ1v) is 7.79. The highest BCUT2D eigenvalue weighted by atomic mass is 79.9. The monoisotopic (exact) mass is 390 g/mol. The Labute approximate surface area is 147 Å². The number of benzene rings is 2. The van der Waals surface area contributed by atoms with Crippen molar-refractivity contribution in [3.8, 4) is 11.5 Å². The third-order valence-electron chi connectivity index (χ3n) is 3.12. The Morgan fingerprint density at radius 1 is 1.17 bits per heavy atom. The van der Waals surface area contributed by atoms with E-state index in [2.05, 4.69) is 20.7 Å². The van der Waals surface area contributed by atoms with Gasteiger partial charge in [-0.1, -0.05) is 12.1 Å². The van der Waals surface area contributed by atoms with E-state index in [1.807, 2.05) is 0 Å². The number of phenolic OH excluding ortho intramolecular Hbond substituents is 1. The van der Waals surface area contributed by atoms with Crippen molar-refractivity contribution in [1.82, 2.24) is 0 Å². The summed E-state index contributed by atoms with van der Waals surface area (Å²) in [5.74, 6) is -0.0266. The van der Waals surface area contributed by atoms with Gasteiger partial charge in [0.2, 0.25) is 0 Å². The second kappa shape index (κ2) is 8.31. The lowest BCUT2D eigenvalue weighted by molar-refractivity contribution is -0.142. The maximum absolute atomic E-state index is 12.1. The topological polar surface area (TPSA) is 72.8 Å². The molecule has 6 heteroatoms. The van der Waals surface area contributed by atoms with Crippen LogP contribution in [0.3, 0.4) is 0 Å². The first-order valence-electron chi connectivity index (χ1n) is 7.00. The second-order valence-electron chi connectivity index (χ2n) is 4.80. The van der Waals surface area contributed by atoms with E-state index in [1.165, 1.54) is 13.2 Å². The van der Waals surface area contributed by atoms with E-state index < -0.39 is 5.97 Å². The van der Waals surface area contributed by atoms with Crippen LogP contribution >= 0.6 is 15.9 Å². The molecule has 0 fully saturated rings. The Kier molecular flexibility index (Phi) is 6.14. The summed E-state index contributed by atoms with van der Waals surface area (Å²) in [6.45, 7) is -0.181. The highest BCUT2D eigenvalue weighted by molar-refractivity contribution is 9.10. The van der Waals surface area contributed by atoms with E-state index in [4.69, 9.17) is 4.74 Å². The zero-order valence-electron chi connectivity index (χ0n) is 12.9. The number of methoxy groups -OCH3 is 1. The third kappa shape index (κ3) is 4.96. The lowest BCUT2D eigenvalue weighted by Gasteiger charge is -2.05. The summed E-state index contributed by atoms with van der Waals surface area (Å²) in [6, 6.07) is 11.4. The van der Waals surface area contributed by atoms with Gasteiger partial charge in [-0.3, -0.25) is 4.79 Å². The summed E-state index contributed by atoms with van der Waals surface area (Å²) in [7, 11) is 1.28. The number of rotatable bonds is 6. The number of aromatic hydroxyl groups is 1. The predicted octanol–water partition coefficient (Wildman–Crippen LogP) is 3.60. The molecule has 2 aromatic rings. The van der Waals surface area contributed by atoms with Crippen LogP contribution in [-0.2, 0) is 9.53 Å². The van der Waals surface area contributed by atoms with Gasteiger partial charge < -0.3 is 14.6 Å². The molecule has 0 atom stereocenters. The number of hydrogen-bond acceptors (Lipinski definition) is 5. The van der Waals surface area contributed by atoms with Crippen LogP contribution in [0.4, 0.5) is 0 Å². The molecular formula is C18H15BrO5. The fourth-order valence-electron chi connectivity index (χ4n) is 1.81. The van der Waals surface area contributed by atoms with Crippen molar-refractivity contribution in [2.24, 2.45) is 0 Å². The van der Waals surface area contributed by atoms with Crippen LogP contribution in [0.1, 0.15) is 15.9 Å².